The number of carbonyl (C=O) groups excluding carboxylic acids is 1. The number of amides is 1. The summed E-state index contributed by atoms with van der Waals surface area (Å²) in [5, 5.41) is 4.55. The maximum Gasteiger partial charge on any atom is 0.416 e. The second kappa shape index (κ2) is 6.65. The average molecular weight is 404 g/mol. The molecule has 2 aromatic rings. The molecule has 2 rings (SSSR count). The van der Waals surface area contributed by atoms with Crippen LogP contribution in [0.25, 0.3) is 5.65 Å². The maximum atomic E-state index is 12.6. The molecule has 0 N–H and O–H groups in total. The molecule has 0 unspecified atom stereocenters. The van der Waals surface area contributed by atoms with Gasteiger partial charge in [-0.15, -0.1) is 0 Å². The molecule has 1 amide bonds. The molecule has 0 spiro atoms. The number of rotatable bonds is 3. The number of fused-ring (bicyclic) bond motifs is 1. The highest BCUT2D eigenvalue weighted by atomic mass is 79.9. The number of hydrogen-bond acceptors (Lipinski definition) is 4. The van der Waals surface area contributed by atoms with E-state index >= 15 is 0 Å². The van der Waals surface area contributed by atoms with Crippen LogP contribution in [0.15, 0.2) is 16.7 Å². The number of hydrogen-bond donors (Lipinski definition) is 0. The Hall–Kier alpha value is -1.34. The first-order chi connectivity index (χ1) is 10.6. The lowest BCUT2D eigenvalue weighted by atomic mass is 10.2. The molecule has 2 heterocycles. The van der Waals surface area contributed by atoms with Gasteiger partial charge in [-0.3, -0.25) is 4.90 Å². The first-order valence-electron chi connectivity index (χ1n) is 7.29. The zero-order valence-corrected chi connectivity index (χ0v) is 16.1. The molecule has 0 saturated heterocycles. The van der Waals surface area contributed by atoms with Crippen molar-refractivity contribution in [2.24, 2.45) is 5.92 Å². The molecule has 0 aliphatic carbocycles. The van der Waals surface area contributed by atoms with E-state index in [9.17, 15) is 4.79 Å². The molecule has 0 radical (unpaired) electrons. The molecule has 0 aromatic carbocycles. The molecule has 0 atom stereocenters. The fraction of sp³-hybridized carbons (Fsp3) is 0.533. The summed E-state index contributed by atoms with van der Waals surface area (Å²) in [5.74, 6) is 0.761. The van der Waals surface area contributed by atoms with Gasteiger partial charge in [0.1, 0.15) is 16.6 Å². The molecule has 0 saturated carbocycles. The van der Waals surface area contributed by atoms with E-state index < -0.39 is 11.7 Å². The first-order valence-corrected chi connectivity index (χ1v) is 8.46. The predicted molar refractivity (Wildman–Crippen MR) is 94.1 cm³/mol. The van der Waals surface area contributed by atoms with Gasteiger partial charge in [0.2, 0.25) is 0 Å². The number of anilines is 1. The third-order valence-corrected chi connectivity index (χ3v) is 3.57. The molecule has 0 aliphatic heterocycles. The predicted octanol–water partition coefficient (Wildman–Crippen LogP) is 4.54. The molecule has 126 valence electrons. The Bertz CT molecular complexity index is 724. The van der Waals surface area contributed by atoms with E-state index in [0.717, 1.165) is 0 Å². The lowest BCUT2D eigenvalue weighted by molar-refractivity contribution is 0.0574. The third-order valence-electron chi connectivity index (χ3n) is 2.82. The summed E-state index contributed by atoms with van der Waals surface area (Å²) in [6.07, 6.45) is 1.17. The fourth-order valence-electron chi connectivity index (χ4n) is 2.03. The Morgan fingerprint density at radius 1 is 1.48 bits per heavy atom. The van der Waals surface area contributed by atoms with Crippen LogP contribution < -0.4 is 4.90 Å². The molecule has 8 heteroatoms. The fourth-order valence-corrected chi connectivity index (χ4v) is 2.55. The van der Waals surface area contributed by atoms with E-state index in [0.29, 0.717) is 22.5 Å². The zero-order chi connectivity index (χ0) is 17.4. The first kappa shape index (κ1) is 18.0. The van der Waals surface area contributed by atoms with Gasteiger partial charge in [0.25, 0.3) is 0 Å². The highest BCUT2D eigenvalue weighted by Crippen LogP contribution is 2.26. The maximum absolute atomic E-state index is 12.6. The lowest BCUT2D eigenvalue weighted by Crippen LogP contribution is -2.40. The number of nitrogens with zero attached hydrogens (tertiary/aromatic N) is 4. The summed E-state index contributed by atoms with van der Waals surface area (Å²) in [6, 6.07) is 1.61. The summed E-state index contributed by atoms with van der Waals surface area (Å²) in [6.45, 7) is 10.0. The van der Waals surface area contributed by atoms with Crippen LogP contribution in [-0.2, 0) is 4.74 Å². The van der Waals surface area contributed by atoms with Crippen LogP contribution in [0.2, 0.25) is 5.15 Å². The molecule has 0 aliphatic rings. The second-order valence-electron chi connectivity index (χ2n) is 6.65. The van der Waals surface area contributed by atoms with E-state index in [1.165, 1.54) is 4.90 Å². The van der Waals surface area contributed by atoms with Crippen LogP contribution in [0.4, 0.5) is 10.6 Å². The third kappa shape index (κ3) is 4.35. The Labute approximate surface area is 148 Å². The second-order valence-corrected chi connectivity index (χ2v) is 7.89. The molecule has 23 heavy (non-hydrogen) atoms. The summed E-state index contributed by atoms with van der Waals surface area (Å²) in [5.41, 5.74) is -0.0442. The highest BCUT2D eigenvalue weighted by molar-refractivity contribution is 9.10. The van der Waals surface area contributed by atoms with Crippen molar-refractivity contribution in [3.8, 4) is 0 Å². The number of halogens is 2. The molecule has 0 fully saturated rings. The minimum atomic E-state index is -0.590. The monoisotopic (exact) mass is 402 g/mol. The molecule has 0 bridgehead atoms. The highest BCUT2D eigenvalue weighted by Gasteiger charge is 2.27. The van der Waals surface area contributed by atoms with Crippen molar-refractivity contribution in [2.45, 2.75) is 40.2 Å². The van der Waals surface area contributed by atoms with Crippen molar-refractivity contribution < 1.29 is 9.53 Å². The number of aromatic nitrogens is 3. The van der Waals surface area contributed by atoms with Crippen LogP contribution in [0.3, 0.4) is 0 Å². The molecular formula is C15H20BrClN4O2. The smallest absolute Gasteiger partial charge is 0.416 e. The number of carbonyl (C=O) groups is 1. The van der Waals surface area contributed by atoms with Crippen molar-refractivity contribution in [3.63, 3.8) is 0 Å². The van der Waals surface area contributed by atoms with Gasteiger partial charge in [0, 0.05) is 12.6 Å². The normalized spacial score (nSPS) is 12.0. The summed E-state index contributed by atoms with van der Waals surface area (Å²) in [7, 11) is 0. The van der Waals surface area contributed by atoms with Gasteiger partial charge in [-0.05, 0) is 42.6 Å². The standard InChI is InChI=1S/C15H20BrClN4O2/c1-9(2)8-20(14(22)23-15(3,4)5)12-6-11(17)19-13-10(16)7-18-21(12)13/h6-7,9H,8H2,1-5H3. The van der Waals surface area contributed by atoms with Crippen molar-refractivity contribution in [1.29, 1.82) is 0 Å². The Morgan fingerprint density at radius 2 is 2.13 bits per heavy atom. The molecular weight excluding hydrogens is 384 g/mol. The number of ether oxygens (including phenoxy) is 1. The lowest BCUT2D eigenvalue weighted by Gasteiger charge is -2.28. The Balaban J connectivity index is 2.53. The van der Waals surface area contributed by atoms with Gasteiger partial charge in [-0.2, -0.15) is 9.61 Å². The van der Waals surface area contributed by atoms with Crippen LogP contribution >= 0.6 is 27.5 Å². The van der Waals surface area contributed by atoms with Crippen molar-refractivity contribution in [2.75, 3.05) is 11.4 Å². The quantitative estimate of drug-likeness (QED) is 0.706. The van der Waals surface area contributed by atoms with E-state index in [1.807, 2.05) is 34.6 Å². The van der Waals surface area contributed by atoms with Crippen LogP contribution in [0.1, 0.15) is 34.6 Å². The van der Waals surface area contributed by atoms with Crippen molar-refractivity contribution >= 4 is 45.1 Å². The summed E-state index contributed by atoms with van der Waals surface area (Å²) in [4.78, 5) is 18.4. The molecule has 2 aromatic heterocycles. The van der Waals surface area contributed by atoms with Gasteiger partial charge in [-0.25, -0.2) is 9.78 Å². The minimum Gasteiger partial charge on any atom is -0.443 e. The van der Waals surface area contributed by atoms with Gasteiger partial charge in [0.05, 0.1) is 10.7 Å². The van der Waals surface area contributed by atoms with Crippen LogP contribution in [0, 0.1) is 5.92 Å². The van der Waals surface area contributed by atoms with Crippen molar-refractivity contribution in [3.05, 3.63) is 21.9 Å². The van der Waals surface area contributed by atoms with Crippen LogP contribution in [-0.4, -0.2) is 32.8 Å². The summed E-state index contributed by atoms with van der Waals surface area (Å²) >= 11 is 9.50. The SMILES string of the molecule is CC(C)CN(C(=O)OC(C)(C)C)c1cc(Cl)nc2c(Br)cnn12. The topological polar surface area (TPSA) is 59.7 Å². The van der Waals surface area contributed by atoms with Gasteiger partial charge in [0.15, 0.2) is 5.65 Å². The van der Waals surface area contributed by atoms with Crippen molar-refractivity contribution in [1.82, 2.24) is 14.6 Å². The Kier molecular flexibility index (Phi) is 5.20. The zero-order valence-electron chi connectivity index (χ0n) is 13.8. The summed E-state index contributed by atoms with van der Waals surface area (Å²) < 4.78 is 7.80. The van der Waals surface area contributed by atoms with Gasteiger partial charge in [-0.1, -0.05) is 25.4 Å². The van der Waals surface area contributed by atoms with E-state index in [-0.39, 0.29) is 11.1 Å². The van der Waals surface area contributed by atoms with E-state index in [2.05, 4.69) is 26.0 Å². The van der Waals surface area contributed by atoms with E-state index in [1.54, 1.807) is 16.8 Å². The minimum absolute atomic E-state index is 0.239. The Morgan fingerprint density at radius 3 is 2.70 bits per heavy atom. The van der Waals surface area contributed by atoms with Gasteiger partial charge < -0.3 is 4.74 Å². The average Bonchev–Trinajstić information content (AvgIpc) is 2.75. The largest absolute Gasteiger partial charge is 0.443 e. The van der Waals surface area contributed by atoms with E-state index in [4.69, 9.17) is 16.3 Å². The van der Waals surface area contributed by atoms with Crippen LogP contribution in [0.5, 0.6) is 0 Å². The van der Waals surface area contributed by atoms with Gasteiger partial charge >= 0.3 is 6.09 Å². The molecule has 6 nitrogen and oxygen atoms in total.